The van der Waals surface area contributed by atoms with Gasteiger partial charge in [0.25, 0.3) is 0 Å². The van der Waals surface area contributed by atoms with Crippen LogP contribution >= 0.6 is 0 Å². The van der Waals surface area contributed by atoms with E-state index in [2.05, 4.69) is 17.6 Å². The third-order valence-electron chi connectivity index (χ3n) is 3.97. The molecule has 0 saturated heterocycles. The van der Waals surface area contributed by atoms with E-state index in [0.717, 1.165) is 25.7 Å². The van der Waals surface area contributed by atoms with Crippen molar-refractivity contribution in [2.75, 3.05) is 6.54 Å². The summed E-state index contributed by atoms with van der Waals surface area (Å²) in [5.74, 6) is -1.39. The van der Waals surface area contributed by atoms with Gasteiger partial charge in [-0.25, -0.2) is 4.79 Å². The van der Waals surface area contributed by atoms with E-state index >= 15 is 0 Å². The maximum absolute atomic E-state index is 11.7. The van der Waals surface area contributed by atoms with Gasteiger partial charge >= 0.3 is 12.0 Å². The first-order chi connectivity index (χ1) is 8.40. The van der Waals surface area contributed by atoms with Crippen LogP contribution in [0.2, 0.25) is 0 Å². The number of urea groups is 1. The molecule has 104 valence electrons. The molecule has 0 aromatic heterocycles. The number of nitrogens with one attached hydrogen (secondary N) is 2. The molecule has 1 atom stereocenters. The average molecular weight is 256 g/mol. The zero-order valence-electron chi connectivity index (χ0n) is 11.5. The summed E-state index contributed by atoms with van der Waals surface area (Å²) in [6.07, 6.45) is 4.11. The van der Waals surface area contributed by atoms with Crippen LogP contribution in [-0.4, -0.2) is 29.2 Å². The number of carbonyl (C=O) groups is 2. The number of carboxylic acid groups (broad SMARTS) is 1. The minimum absolute atomic E-state index is 0.00615. The fourth-order valence-corrected chi connectivity index (χ4v) is 2.27. The second-order valence-corrected chi connectivity index (χ2v) is 5.51. The lowest BCUT2D eigenvalue weighted by molar-refractivity contribution is -0.142. The van der Waals surface area contributed by atoms with E-state index in [1.54, 1.807) is 0 Å². The molecule has 0 aromatic rings. The normalized spacial score (nSPS) is 18.9. The van der Waals surface area contributed by atoms with Crippen molar-refractivity contribution in [1.82, 2.24) is 10.6 Å². The van der Waals surface area contributed by atoms with Crippen molar-refractivity contribution in [1.29, 1.82) is 0 Å². The molecule has 5 nitrogen and oxygen atoms in total. The van der Waals surface area contributed by atoms with Crippen molar-refractivity contribution in [3.05, 3.63) is 0 Å². The fraction of sp³-hybridized carbons (Fsp3) is 0.846. The summed E-state index contributed by atoms with van der Waals surface area (Å²) in [6.45, 7) is 5.93. The number of hydrogen-bond donors (Lipinski definition) is 3. The Labute approximate surface area is 108 Å². The molecule has 0 heterocycles. The molecule has 18 heavy (non-hydrogen) atoms. The van der Waals surface area contributed by atoms with Gasteiger partial charge in [-0.1, -0.05) is 20.8 Å². The van der Waals surface area contributed by atoms with Crippen molar-refractivity contribution < 1.29 is 14.7 Å². The quantitative estimate of drug-likeness (QED) is 0.680. The highest BCUT2D eigenvalue weighted by molar-refractivity contribution is 5.76. The SMILES string of the molecule is CCC1(NC(=O)NCC(C(=O)O)C(C)C)CCC1. The van der Waals surface area contributed by atoms with Crippen molar-refractivity contribution in [2.45, 2.75) is 52.0 Å². The average Bonchev–Trinajstić information content (AvgIpc) is 2.22. The van der Waals surface area contributed by atoms with Gasteiger partial charge in [-0.2, -0.15) is 0 Å². The number of aliphatic carboxylic acids is 1. The molecule has 0 radical (unpaired) electrons. The minimum atomic E-state index is -0.862. The lowest BCUT2D eigenvalue weighted by atomic mass is 9.75. The third-order valence-corrected chi connectivity index (χ3v) is 3.97. The molecule has 1 unspecified atom stereocenters. The monoisotopic (exact) mass is 256 g/mol. The molecule has 1 aliphatic rings. The summed E-state index contributed by atoms with van der Waals surface area (Å²) in [6, 6.07) is -0.247. The Hall–Kier alpha value is -1.26. The summed E-state index contributed by atoms with van der Waals surface area (Å²) in [5.41, 5.74) is -0.0549. The molecular formula is C13H24N2O3. The zero-order chi connectivity index (χ0) is 13.8. The van der Waals surface area contributed by atoms with Crippen molar-refractivity contribution >= 4 is 12.0 Å². The van der Waals surface area contributed by atoms with Crippen LogP contribution in [0.5, 0.6) is 0 Å². The first-order valence-electron chi connectivity index (χ1n) is 6.69. The van der Waals surface area contributed by atoms with Gasteiger partial charge in [0.05, 0.1) is 5.92 Å². The van der Waals surface area contributed by atoms with Crippen LogP contribution in [0.1, 0.15) is 46.5 Å². The molecule has 0 aliphatic heterocycles. The molecule has 1 aliphatic carbocycles. The van der Waals surface area contributed by atoms with Crippen molar-refractivity contribution in [2.24, 2.45) is 11.8 Å². The highest BCUT2D eigenvalue weighted by Gasteiger charge is 2.36. The Morgan fingerprint density at radius 1 is 1.33 bits per heavy atom. The number of carboxylic acids is 1. The standard InChI is InChI=1S/C13H24N2O3/c1-4-13(6-5-7-13)15-12(18)14-8-10(9(2)3)11(16)17/h9-10H,4-8H2,1-3H3,(H,16,17)(H2,14,15,18). The second kappa shape index (κ2) is 6.07. The topological polar surface area (TPSA) is 78.4 Å². The molecule has 5 heteroatoms. The minimum Gasteiger partial charge on any atom is -0.481 e. The number of rotatable bonds is 6. The molecule has 3 N–H and O–H groups in total. The number of amides is 2. The first kappa shape index (κ1) is 14.8. The fourth-order valence-electron chi connectivity index (χ4n) is 2.27. The van der Waals surface area contributed by atoms with Gasteiger partial charge in [0.2, 0.25) is 0 Å². The predicted molar refractivity (Wildman–Crippen MR) is 69.4 cm³/mol. The summed E-state index contributed by atoms with van der Waals surface area (Å²) >= 11 is 0. The first-order valence-corrected chi connectivity index (χ1v) is 6.69. The van der Waals surface area contributed by atoms with E-state index < -0.39 is 11.9 Å². The van der Waals surface area contributed by atoms with Crippen LogP contribution in [0.25, 0.3) is 0 Å². The van der Waals surface area contributed by atoms with Gasteiger partial charge in [-0.3, -0.25) is 4.79 Å². The molecule has 1 saturated carbocycles. The molecule has 0 aromatic carbocycles. The number of hydrogen-bond acceptors (Lipinski definition) is 2. The van der Waals surface area contributed by atoms with E-state index in [0.29, 0.717) is 0 Å². The van der Waals surface area contributed by atoms with Crippen LogP contribution in [0, 0.1) is 11.8 Å². The molecular weight excluding hydrogens is 232 g/mol. The van der Waals surface area contributed by atoms with Crippen LogP contribution in [-0.2, 0) is 4.79 Å². The van der Waals surface area contributed by atoms with Gasteiger partial charge in [0.1, 0.15) is 0 Å². The summed E-state index contributed by atoms with van der Waals surface area (Å²) in [7, 11) is 0. The maximum atomic E-state index is 11.7. The Morgan fingerprint density at radius 3 is 2.28 bits per heavy atom. The lowest BCUT2D eigenvalue weighted by Gasteiger charge is -2.41. The summed E-state index contributed by atoms with van der Waals surface area (Å²) < 4.78 is 0. The summed E-state index contributed by atoms with van der Waals surface area (Å²) in [4.78, 5) is 22.7. The van der Waals surface area contributed by atoms with Gasteiger partial charge in [0, 0.05) is 12.1 Å². The second-order valence-electron chi connectivity index (χ2n) is 5.51. The molecule has 0 bridgehead atoms. The molecule has 2 amide bonds. The van der Waals surface area contributed by atoms with E-state index in [9.17, 15) is 9.59 Å². The molecule has 1 rings (SSSR count). The van der Waals surface area contributed by atoms with Gasteiger partial charge in [-0.05, 0) is 31.6 Å². The Kier molecular flexibility index (Phi) is 4.99. The van der Waals surface area contributed by atoms with Crippen LogP contribution < -0.4 is 10.6 Å². The van der Waals surface area contributed by atoms with Gasteiger partial charge < -0.3 is 15.7 Å². The highest BCUT2D eigenvalue weighted by atomic mass is 16.4. The van der Waals surface area contributed by atoms with Crippen LogP contribution in [0.4, 0.5) is 4.79 Å². The van der Waals surface area contributed by atoms with Crippen molar-refractivity contribution in [3.8, 4) is 0 Å². The zero-order valence-corrected chi connectivity index (χ0v) is 11.5. The van der Waals surface area contributed by atoms with Crippen LogP contribution in [0.15, 0.2) is 0 Å². The third kappa shape index (κ3) is 3.62. The van der Waals surface area contributed by atoms with Crippen molar-refractivity contribution in [3.63, 3.8) is 0 Å². The van der Waals surface area contributed by atoms with E-state index in [1.807, 2.05) is 13.8 Å². The number of carbonyl (C=O) groups excluding carboxylic acids is 1. The molecule has 0 spiro atoms. The smallest absolute Gasteiger partial charge is 0.315 e. The van der Waals surface area contributed by atoms with E-state index in [1.165, 1.54) is 0 Å². The predicted octanol–water partition coefficient (Wildman–Crippen LogP) is 1.98. The highest BCUT2D eigenvalue weighted by Crippen LogP contribution is 2.34. The largest absolute Gasteiger partial charge is 0.481 e. The Bertz CT molecular complexity index is 306. The maximum Gasteiger partial charge on any atom is 0.315 e. The summed E-state index contributed by atoms with van der Waals surface area (Å²) in [5, 5.41) is 14.7. The Balaban J connectivity index is 2.38. The van der Waals surface area contributed by atoms with E-state index in [4.69, 9.17) is 5.11 Å². The Morgan fingerprint density at radius 2 is 1.94 bits per heavy atom. The van der Waals surface area contributed by atoms with Crippen LogP contribution in [0.3, 0.4) is 0 Å². The molecule has 1 fully saturated rings. The van der Waals surface area contributed by atoms with Gasteiger partial charge in [0.15, 0.2) is 0 Å². The van der Waals surface area contributed by atoms with E-state index in [-0.39, 0.29) is 24.0 Å². The lowest BCUT2D eigenvalue weighted by Crippen LogP contribution is -2.56. The van der Waals surface area contributed by atoms with Gasteiger partial charge in [-0.15, -0.1) is 0 Å².